The minimum atomic E-state index is -0.0669. The fourth-order valence-corrected chi connectivity index (χ4v) is 2.65. The molecule has 1 fully saturated rings. The van der Waals surface area contributed by atoms with Crippen molar-refractivity contribution in [1.29, 1.82) is 0 Å². The molecule has 2 rings (SSSR count). The molecule has 1 aliphatic rings. The van der Waals surface area contributed by atoms with E-state index in [1.54, 1.807) is 17.2 Å². The van der Waals surface area contributed by atoms with E-state index in [4.69, 9.17) is 0 Å². The molecular weight excluding hydrogens is 268 g/mol. The van der Waals surface area contributed by atoms with Crippen LogP contribution in [-0.2, 0) is 0 Å². The molecule has 1 aromatic heterocycles. The molecular formula is C15H24N4O2. The van der Waals surface area contributed by atoms with Crippen molar-refractivity contribution in [2.45, 2.75) is 39.2 Å². The van der Waals surface area contributed by atoms with Crippen molar-refractivity contribution in [2.24, 2.45) is 0 Å². The van der Waals surface area contributed by atoms with Crippen LogP contribution in [0.2, 0.25) is 0 Å². The molecule has 0 saturated carbocycles. The van der Waals surface area contributed by atoms with Gasteiger partial charge in [-0.15, -0.1) is 0 Å². The van der Waals surface area contributed by atoms with E-state index in [1.807, 2.05) is 6.92 Å². The molecule has 6 nitrogen and oxygen atoms in total. The summed E-state index contributed by atoms with van der Waals surface area (Å²) < 4.78 is 0. The van der Waals surface area contributed by atoms with Gasteiger partial charge < -0.3 is 20.5 Å². The molecule has 0 aliphatic carbocycles. The van der Waals surface area contributed by atoms with Gasteiger partial charge in [0.1, 0.15) is 0 Å². The number of nitrogens with one attached hydrogen (secondary N) is 3. The third-order valence-electron chi connectivity index (χ3n) is 3.74. The number of aromatic nitrogens is 1. The predicted molar refractivity (Wildman–Crippen MR) is 81.4 cm³/mol. The number of hydrogen-bond donors (Lipinski definition) is 3. The fraction of sp³-hybridized carbons (Fsp3) is 0.600. The number of amides is 3. The Morgan fingerprint density at radius 3 is 2.90 bits per heavy atom. The van der Waals surface area contributed by atoms with E-state index in [0.29, 0.717) is 25.2 Å². The van der Waals surface area contributed by atoms with Crippen LogP contribution in [0.15, 0.2) is 12.3 Å². The lowest BCUT2D eigenvalue weighted by atomic mass is 10.1. The summed E-state index contributed by atoms with van der Waals surface area (Å²) in [4.78, 5) is 28.9. The van der Waals surface area contributed by atoms with Crippen LogP contribution < -0.4 is 10.6 Å². The molecule has 1 aromatic rings. The monoisotopic (exact) mass is 292 g/mol. The highest BCUT2D eigenvalue weighted by molar-refractivity contribution is 5.95. The Kier molecular flexibility index (Phi) is 4.88. The predicted octanol–water partition coefficient (Wildman–Crippen LogP) is 1.67. The summed E-state index contributed by atoms with van der Waals surface area (Å²) in [5.74, 6) is 0.207. The summed E-state index contributed by atoms with van der Waals surface area (Å²) in [6, 6.07) is 1.77. The van der Waals surface area contributed by atoms with E-state index in [-0.39, 0.29) is 23.9 Å². The molecule has 3 amide bonds. The zero-order valence-corrected chi connectivity index (χ0v) is 12.9. The molecule has 3 N–H and O–H groups in total. The average molecular weight is 292 g/mol. The first-order valence-corrected chi connectivity index (χ1v) is 7.53. The Balaban J connectivity index is 1.92. The first kappa shape index (κ1) is 15.4. The summed E-state index contributed by atoms with van der Waals surface area (Å²) in [5, 5.41) is 5.81. The SMILES string of the molecule is CCNC(=O)N1CCC(NC(=O)c2cc[nH]c2C(C)C)C1. The molecule has 6 heteroatoms. The molecule has 0 aromatic carbocycles. The van der Waals surface area contributed by atoms with Gasteiger partial charge >= 0.3 is 6.03 Å². The van der Waals surface area contributed by atoms with Gasteiger partial charge in [0.05, 0.1) is 5.56 Å². The minimum Gasteiger partial charge on any atom is -0.364 e. The highest BCUT2D eigenvalue weighted by atomic mass is 16.2. The van der Waals surface area contributed by atoms with Crippen LogP contribution in [0.4, 0.5) is 4.79 Å². The first-order chi connectivity index (χ1) is 10.0. The quantitative estimate of drug-likeness (QED) is 0.789. The van der Waals surface area contributed by atoms with Crippen LogP contribution in [-0.4, -0.2) is 47.5 Å². The molecule has 2 heterocycles. The molecule has 1 atom stereocenters. The van der Waals surface area contributed by atoms with Crippen LogP contribution >= 0.6 is 0 Å². The van der Waals surface area contributed by atoms with Crippen molar-refractivity contribution in [3.8, 4) is 0 Å². The van der Waals surface area contributed by atoms with Crippen molar-refractivity contribution >= 4 is 11.9 Å². The smallest absolute Gasteiger partial charge is 0.317 e. The van der Waals surface area contributed by atoms with E-state index in [1.165, 1.54) is 0 Å². The highest BCUT2D eigenvalue weighted by Crippen LogP contribution is 2.18. The Morgan fingerprint density at radius 1 is 1.48 bits per heavy atom. The summed E-state index contributed by atoms with van der Waals surface area (Å²) in [6.45, 7) is 7.87. The van der Waals surface area contributed by atoms with Crippen LogP contribution in [0, 0.1) is 0 Å². The maximum atomic E-state index is 12.3. The van der Waals surface area contributed by atoms with Gasteiger partial charge in [-0.3, -0.25) is 4.79 Å². The Morgan fingerprint density at radius 2 is 2.24 bits per heavy atom. The highest BCUT2D eigenvalue weighted by Gasteiger charge is 2.28. The zero-order valence-electron chi connectivity index (χ0n) is 12.9. The van der Waals surface area contributed by atoms with Crippen LogP contribution in [0.25, 0.3) is 0 Å². The van der Waals surface area contributed by atoms with Gasteiger partial charge in [-0.2, -0.15) is 0 Å². The first-order valence-electron chi connectivity index (χ1n) is 7.53. The van der Waals surface area contributed by atoms with Crippen LogP contribution in [0.5, 0.6) is 0 Å². The summed E-state index contributed by atoms with van der Waals surface area (Å²) in [6.07, 6.45) is 2.59. The third-order valence-corrected chi connectivity index (χ3v) is 3.74. The Bertz CT molecular complexity index is 510. The van der Waals surface area contributed by atoms with Crippen molar-refractivity contribution in [3.05, 3.63) is 23.5 Å². The Hall–Kier alpha value is -1.98. The van der Waals surface area contributed by atoms with Crippen LogP contribution in [0.3, 0.4) is 0 Å². The second-order valence-electron chi connectivity index (χ2n) is 5.70. The molecule has 0 bridgehead atoms. The molecule has 21 heavy (non-hydrogen) atoms. The van der Waals surface area contributed by atoms with E-state index < -0.39 is 0 Å². The average Bonchev–Trinajstić information content (AvgIpc) is 3.07. The summed E-state index contributed by atoms with van der Waals surface area (Å²) >= 11 is 0. The van der Waals surface area contributed by atoms with Gasteiger partial charge in [0.15, 0.2) is 0 Å². The largest absolute Gasteiger partial charge is 0.364 e. The van der Waals surface area contributed by atoms with Crippen molar-refractivity contribution < 1.29 is 9.59 Å². The number of rotatable bonds is 4. The number of nitrogens with zero attached hydrogens (tertiary/aromatic N) is 1. The Labute approximate surface area is 125 Å². The molecule has 116 valence electrons. The van der Waals surface area contributed by atoms with Gasteiger partial charge in [0.25, 0.3) is 5.91 Å². The minimum absolute atomic E-state index is 0.0232. The zero-order chi connectivity index (χ0) is 15.4. The lowest BCUT2D eigenvalue weighted by molar-refractivity contribution is 0.0936. The maximum absolute atomic E-state index is 12.3. The third kappa shape index (κ3) is 3.56. The topological polar surface area (TPSA) is 77.2 Å². The van der Waals surface area contributed by atoms with Crippen molar-refractivity contribution in [2.75, 3.05) is 19.6 Å². The molecule has 1 aliphatic heterocycles. The molecule has 1 saturated heterocycles. The van der Waals surface area contributed by atoms with Crippen molar-refractivity contribution in [1.82, 2.24) is 20.5 Å². The summed E-state index contributed by atoms with van der Waals surface area (Å²) in [5.41, 5.74) is 1.65. The number of likely N-dealkylation sites (tertiary alicyclic amines) is 1. The number of urea groups is 1. The number of aromatic amines is 1. The second-order valence-corrected chi connectivity index (χ2v) is 5.70. The molecule has 0 radical (unpaired) electrons. The van der Waals surface area contributed by atoms with Gasteiger partial charge in [0.2, 0.25) is 0 Å². The fourth-order valence-electron chi connectivity index (χ4n) is 2.65. The van der Waals surface area contributed by atoms with Crippen molar-refractivity contribution in [3.63, 3.8) is 0 Å². The lowest BCUT2D eigenvalue weighted by Gasteiger charge is -2.17. The van der Waals surface area contributed by atoms with E-state index >= 15 is 0 Å². The van der Waals surface area contributed by atoms with Gasteiger partial charge in [-0.05, 0) is 25.3 Å². The van der Waals surface area contributed by atoms with E-state index in [9.17, 15) is 9.59 Å². The van der Waals surface area contributed by atoms with E-state index in [0.717, 1.165) is 12.1 Å². The summed E-state index contributed by atoms with van der Waals surface area (Å²) in [7, 11) is 0. The molecule has 0 spiro atoms. The van der Waals surface area contributed by atoms with E-state index in [2.05, 4.69) is 29.5 Å². The maximum Gasteiger partial charge on any atom is 0.317 e. The second kappa shape index (κ2) is 6.65. The number of carbonyl (C=O) groups is 2. The van der Waals surface area contributed by atoms with Gasteiger partial charge in [0, 0.05) is 37.6 Å². The number of carbonyl (C=O) groups excluding carboxylic acids is 2. The number of H-pyrrole nitrogens is 1. The number of hydrogen-bond acceptors (Lipinski definition) is 2. The molecule has 1 unspecified atom stereocenters. The standard InChI is InChI=1S/C15H24N4O2/c1-4-16-15(21)19-8-6-11(9-19)18-14(20)12-5-7-17-13(12)10(2)3/h5,7,10-11,17H,4,6,8-9H2,1-3H3,(H,16,21)(H,18,20). The lowest BCUT2D eigenvalue weighted by Crippen LogP contribution is -2.42. The van der Waals surface area contributed by atoms with Gasteiger partial charge in [-0.1, -0.05) is 13.8 Å². The van der Waals surface area contributed by atoms with Crippen LogP contribution in [0.1, 0.15) is 49.2 Å². The normalized spacial score (nSPS) is 18.1. The van der Waals surface area contributed by atoms with Gasteiger partial charge in [-0.25, -0.2) is 4.79 Å².